The van der Waals surface area contributed by atoms with E-state index >= 15 is 0 Å². The van der Waals surface area contributed by atoms with Gasteiger partial charge in [-0.1, -0.05) is 0 Å². The number of ether oxygens (including phenoxy) is 1. The largest absolute Gasteiger partial charge is 0.405 e. The molecule has 0 aliphatic carbocycles. The second-order valence-corrected chi connectivity index (χ2v) is 7.48. The van der Waals surface area contributed by atoms with Gasteiger partial charge in [-0.25, -0.2) is 4.98 Å². The van der Waals surface area contributed by atoms with E-state index in [0.29, 0.717) is 26.3 Å². The molecule has 3 heterocycles. The van der Waals surface area contributed by atoms with Crippen molar-refractivity contribution in [3.63, 3.8) is 0 Å². The zero-order chi connectivity index (χ0) is 17.9. The maximum atomic E-state index is 13.4. The molecule has 1 aromatic rings. The zero-order valence-corrected chi connectivity index (χ0v) is 15.2. The van der Waals surface area contributed by atoms with Gasteiger partial charge in [0.1, 0.15) is 6.04 Å². The Morgan fingerprint density at radius 3 is 2.52 bits per heavy atom. The van der Waals surface area contributed by atoms with E-state index in [1.54, 1.807) is 11.3 Å². The van der Waals surface area contributed by atoms with Crippen molar-refractivity contribution >= 4 is 16.5 Å². The van der Waals surface area contributed by atoms with Crippen molar-refractivity contribution in [1.82, 2.24) is 15.2 Å². The van der Waals surface area contributed by atoms with Crippen molar-refractivity contribution in [2.75, 3.05) is 50.8 Å². The van der Waals surface area contributed by atoms with E-state index in [-0.39, 0.29) is 12.6 Å². The first kappa shape index (κ1) is 18.9. The summed E-state index contributed by atoms with van der Waals surface area (Å²) in [5.74, 6) is 0. The van der Waals surface area contributed by atoms with Gasteiger partial charge in [-0.05, 0) is 19.8 Å². The minimum absolute atomic E-state index is 0.0511. The lowest BCUT2D eigenvalue weighted by atomic mass is 10.0. The highest BCUT2D eigenvalue weighted by Crippen LogP contribution is 2.27. The number of nitrogens with zero attached hydrogens (tertiary/aromatic N) is 3. The van der Waals surface area contributed by atoms with Gasteiger partial charge in [0.05, 0.1) is 18.9 Å². The first-order valence-electron chi connectivity index (χ1n) is 8.72. The van der Waals surface area contributed by atoms with Crippen molar-refractivity contribution in [2.24, 2.45) is 0 Å². The number of rotatable bonds is 5. The molecule has 9 heteroatoms. The molecule has 0 aromatic carbocycles. The summed E-state index contributed by atoms with van der Waals surface area (Å²) in [6.45, 7) is 5.01. The highest BCUT2D eigenvalue weighted by molar-refractivity contribution is 7.13. The van der Waals surface area contributed by atoms with Crippen LogP contribution in [0.4, 0.5) is 18.3 Å². The Labute approximate surface area is 150 Å². The summed E-state index contributed by atoms with van der Waals surface area (Å²) >= 11 is 1.62. The van der Waals surface area contributed by atoms with Crippen LogP contribution in [0.1, 0.15) is 18.5 Å². The predicted octanol–water partition coefficient (Wildman–Crippen LogP) is 2.27. The first-order chi connectivity index (χ1) is 11.9. The number of piperidine rings is 1. The molecule has 0 radical (unpaired) electrons. The Bertz CT molecular complexity index is 540. The van der Waals surface area contributed by atoms with Crippen molar-refractivity contribution in [3.05, 3.63) is 11.1 Å². The maximum absolute atomic E-state index is 13.4. The Morgan fingerprint density at radius 2 is 1.96 bits per heavy atom. The number of aryl methyl sites for hydroxylation is 1. The average molecular weight is 378 g/mol. The Kier molecular flexibility index (Phi) is 6.19. The summed E-state index contributed by atoms with van der Waals surface area (Å²) in [6.07, 6.45) is -2.54. The van der Waals surface area contributed by atoms with Crippen molar-refractivity contribution < 1.29 is 17.9 Å². The lowest BCUT2D eigenvalue weighted by Gasteiger charge is -2.37. The van der Waals surface area contributed by atoms with Gasteiger partial charge >= 0.3 is 6.18 Å². The molecule has 2 saturated heterocycles. The molecule has 1 atom stereocenters. The van der Waals surface area contributed by atoms with Crippen LogP contribution in [0.3, 0.4) is 0 Å². The van der Waals surface area contributed by atoms with Crippen molar-refractivity contribution in [3.8, 4) is 0 Å². The molecular weight excluding hydrogens is 353 g/mol. The lowest BCUT2D eigenvalue weighted by Crippen LogP contribution is -2.56. The Balaban J connectivity index is 1.48. The van der Waals surface area contributed by atoms with E-state index in [0.717, 1.165) is 36.8 Å². The fourth-order valence-electron chi connectivity index (χ4n) is 3.38. The van der Waals surface area contributed by atoms with Crippen LogP contribution in [0.5, 0.6) is 0 Å². The van der Waals surface area contributed by atoms with Crippen molar-refractivity contribution in [2.45, 2.75) is 38.0 Å². The average Bonchev–Trinajstić information content (AvgIpc) is 3.02. The molecule has 0 bridgehead atoms. The third-order valence-corrected chi connectivity index (χ3v) is 5.86. The number of aromatic nitrogens is 1. The van der Waals surface area contributed by atoms with E-state index in [4.69, 9.17) is 4.74 Å². The molecular formula is C16H25F3N4OS. The minimum Gasteiger partial charge on any atom is -0.379 e. The van der Waals surface area contributed by atoms with E-state index < -0.39 is 12.2 Å². The Hall–Kier alpha value is -0.900. The molecule has 1 aromatic heterocycles. The molecule has 2 aliphatic heterocycles. The summed E-state index contributed by atoms with van der Waals surface area (Å²) in [5, 5.41) is 6.19. The summed E-state index contributed by atoms with van der Waals surface area (Å²) < 4.78 is 45.4. The molecule has 0 saturated carbocycles. The van der Waals surface area contributed by atoms with E-state index in [1.165, 1.54) is 4.90 Å². The number of nitrogens with one attached hydrogen (secondary N) is 1. The number of alkyl halides is 3. The van der Waals surface area contributed by atoms with Gasteiger partial charge in [0.15, 0.2) is 5.13 Å². The summed E-state index contributed by atoms with van der Waals surface area (Å²) in [7, 11) is 0. The van der Waals surface area contributed by atoms with Crippen LogP contribution in [0.15, 0.2) is 5.38 Å². The molecule has 142 valence electrons. The number of halogens is 3. The normalized spacial score (nSPS) is 22.3. The number of thiazole rings is 1. The highest BCUT2D eigenvalue weighted by atomic mass is 32.1. The van der Waals surface area contributed by atoms with Crippen LogP contribution >= 0.6 is 11.3 Å². The van der Waals surface area contributed by atoms with Gasteiger partial charge in [-0.15, -0.1) is 11.3 Å². The van der Waals surface area contributed by atoms with Gasteiger partial charge in [0.2, 0.25) is 0 Å². The first-order valence-corrected chi connectivity index (χ1v) is 9.60. The molecule has 0 amide bonds. The second kappa shape index (κ2) is 8.20. The van der Waals surface area contributed by atoms with E-state index in [9.17, 15) is 13.2 Å². The quantitative estimate of drug-likeness (QED) is 0.851. The van der Waals surface area contributed by atoms with Crippen molar-refractivity contribution in [1.29, 1.82) is 0 Å². The SMILES string of the molecule is Cc1csc(N2CCC(NCC(N3CCOCC3)C(F)(F)F)CC2)n1. The van der Waals surface area contributed by atoms with Gasteiger partial charge in [0.25, 0.3) is 0 Å². The third kappa shape index (κ3) is 5.06. The Morgan fingerprint density at radius 1 is 1.28 bits per heavy atom. The molecule has 1 N–H and O–H groups in total. The van der Waals surface area contributed by atoms with Crippen LogP contribution < -0.4 is 10.2 Å². The van der Waals surface area contributed by atoms with Crippen LogP contribution in [0.25, 0.3) is 0 Å². The van der Waals surface area contributed by atoms with E-state index in [1.807, 2.05) is 12.3 Å². The number of morpholine rings is 1. The molecule has 25 heavy (non-hydrogen) atoms. The van der Waals surface area contributed by atoms with E-state index in [2.05, 4.69) is 15.2 Å². The summed E-state index contributed by atoms with van der Waals surface area (Å²) in [5.41, 5.74) is 1.01. The molecule has 2 fully saturated rings. The smallest absolute Gasteiger partial charge is 0.379 e. The maximum Gasteiger partial charge on any atom is 0.405 e. The van der Waals surface area contributed by atoms with Gasteiger partial charge in [-0.2, -0.15) is 13.2 Å². The fourth-order valence-corrected chi connectivity index (χ4v) is 4.24. The number of hydrogen-bond donors (Lipinski definition) is 1. The highest BCUT2D eigenvalue weighted by Gasteiger charge is 2.44. The topological polar surface area (TPSA) is 40.6 Å². The molecule has 0 spiro atoms. The van der Waals surface area contributed by atoms with Gasteiger partial charge < -0.3 is 15.0 Å². The lowest BCUT2D eigenvalue weighted by molar-refractivity contribution is -0.190. The fraction of sp³-hybridized carbons (Fsp3) is 0.812. The standard InChI is InChI=1S/C16H25F3N4OS/c1-12-11-25-15(21-12)23-4-2-13(3-5-23)20-10-14(16(17,18)19)22-6-8-24-9-7-22/h11,13-14,20H,2-10H2,1H3. The number of anilines is 1. The summed E-state index contributed by atoms with van der Waals surface area (Å²) in [4.78, 5) is 8.20. The zero-order valence-electron chi connectivity index (χ0n) is 14.4. The van der Waals surface area contributed by atoms with Gasteiger partial charge in [0, 0.05) is 44.1 Å². The molecule has 2 aliphatic rings. The van der Waals surface area contributed by atoms with Crippen LogP contribution in [0.2, 0.25) is 0 Å². The molecule has 5 nitrogen and oxygen atoms in total. The van der Waals surface area contributed by atoms with Gasteiger partial charge in [-0.3, -0.25) is 4.90 Å². The van der Waals surface area contributed by atoms with Crippen LogP contribution in [0, 0.1) is 6.92 Å². The third-order valence-electron chi connectivity index (χ3n) is 4.84. The van der Waals surface area contributed by atoms with Crippen LogP contribution in [-0.2, 0) is 4.74 Å². The van der Waals surface area contributed by atoms with Crippen LogP contribution in [-0.4, -0.2) is 74.1 Å². The predicted molar refractivity (Wildman–Crippen MR) is 92.3 cm³/mol. The molecule has 1 unspecified atom stereocenters. The monoisotopic (exact) mass is 378 g/mol. The number of hydrogen-bond acceptors (Lipinski definition) is 6. The molecule has 3 rings (SSSR count). The summed E-state index contributed by atoms with van der Waals surface area (Å²) in [6, 6.07) is -1.31. The minimum atomic E-state index is -4.22. The second-order valence-electron chi connectivity index (χ2n) is 6.65.